The Morgan fingerprint density at radius 3 is 2.36 bits per heavy atom. The fourth-order valence-electron chi connectivity index (χ4n) is 0.731. The summed E-state index contributed by atoms with van der Waals surface area (Å²) in [6.07, 6.45) is -0.341. The maximum absolute atomic E-state index is 8.50. The van der Waals surface area contributed by atoms with Gasteiger partial charge < -0.3 is 20.8 Å². The van der Waals surface area contributed by atoms with Crippen molar-refractivity contribution in [2.24, 2.45) is 5.73 Å². The van der Waals surface area contributed by atoms with Crippen LogP contribution in [0.3, 0.4) is 0 Å². The number of hydrogen-bond donors (Lipinski definition) is 3. The first-order valence-corrected chi connectivity index (χ1v) is 3.41. The number of halogens is 1. The molecule has 0 bridgehead atoms. The Hall–Kier alpha value is 0.130. The lowest BCUT2D eigenvalue weighted by molar-refractivity contribution is -0.0572. The second kappa shape index (κ2) is 8.23. The van der Waals surface area contributed by atoms with Gasteiger partial charge >= 0.3 is 0 Å². The molecule has 0 aliphatic carbocycles. The molecule has 0 fully saturated rings. The van der Waals surface area contributed by atoms with Crippen molar-refractivity contribution >= 4 is 12.4 Å². The minimum atomic E-state index is -1.23. The molecular formula is C6H17ClN2O2. The van der Waals surface area contributed by atoms with Gasteiger partial charge in [-0.1, -0.05) is 0 Å². The van der Waals surface area contributed by atoms with E-state index in [1.807, 2.05) is 11.9 Å². The molecule has 0 atom stereocenters. The first-order chi connectivity index (χ1) is 4.66. The molecule has 11 heavy (non-hydrogen) atoms. The summed E-state index contributed by atoms with van der Waals surface area (Å²) >= 11 is 0. The number of aliphatic hydroxyl groups is 2. The third kappa shape index (κ3) is 10.1. The van der Waals surface area contributed by atoms with Crippen molar-refractivity contribution in [3.8, 4) is 0 Å². The smallest absolute Gasteiger partial charge is 0.164 e. The monoisotopic (exact) mass is 184 g/mol. The Balaban J connectivity index is 0. The van der Waals surface area contributed by atoms with E-state index in [0.717, 1.165) is 13.0 Å². The molecule has 0 rings (SSSR count). The molecule has 0 saturated carbocycles. The first-order valence-electron chi connectivity index (χ1n) is 3.41. The molecule has 5 heteroatoms. The van der Waals surface area contributed by atoms with Crippen molar-refractivity contribution in [3.63, 3.8) is 0 Å². The molecule has 0 aliphatic rings. The van der Waals surface area contributed by atoms with Crippen molar-refractivity contribution < 1.29 is 10.2 Å². The molecule has 0 heterocycles. The summed E-state index contributed by atoms with van der Waals surface area (Å²) in [5.41, 5.74) is 5.26. The Morgan fingerprint density at radius 2 is 2.00 bits per heavy atom. The largest absolute Gasteiger partial charge is 0.367 e. The van der Waals surface area contributed by atoms with E-state index in [9.17, 15) is 0 Å². The van der Waals surface area contributed by atoms with Crippen LogP contribution in [0.4, 0.5) is 0 Å². The number of rotatable bonds is 5. The highest BCUT2D eigenvalue weighted by atomic mass is 35.5. The van der Waals surface area contributed by atoms with Crippen LogP contribution in [0.15, 0.2) is 0 Å². The van der Waals surface area contributed by atoms with Crippen molar-refractivity contribution in [1.29, 1.82) is 0 Å². The average molecular weight is 185 g/mol. The highest BCUT2D eigenvalue weighted by Crippen LogP contribution is 1.86. The minimum Gasteiger partial charge on any atom is -0.367 e. The van der Waals surface area contributed by atoms with Crippen molar-refractivity contribution in [1.82, 2.24) is 4.90 Å². The van der Waals surface area contributed by atoms with Gasteiger partial charge in [0.15, 0.2) is 6.29 Å². The molecule has 0 radical (unpaired) electrons. The van der Waals surface area contributed by atoms with Crippen LogP contribution in [0.25, 0.3) is 0 Å². The highest BCUT2D eigenvalue weighted by molar-refractivity contribution is 5.85. The minimum absolute atomic E-state index is 0. The van der Waals surface area contributed by atoms with Gasteiger partial charge in [0.25, 0.3) is 0 Å². The lowest BCUT2D eigenvalue weighted by Gasteiger charge is -2.16. The van der Waals surface area contributed by atoms with E-state index in [1.54, 1.807) is 0 Å². The van der Waals surface area contributed by atoms with Gasteiger partial charge in [0, 0.05) is 6.54 Å². The quantitative estimate of drug-likeness (QED) is 0.480. The SMILES string of the molecule is CN(CCCN)CC(O)O.Cl. The third-order valence-corrected chi connectivity index (χ3v) is 1.22. The van der Waals surface area contributed by atoms with E-state index in [1.165, 1.54) is 0 Å². The zero-order valence-electron chi connectivity index (χ0n) is 6.73. The molecule has 0 unspecified atom stereocenters. The van der Waals surface area contributed by atoms with Crippen LogP contribution < -0.4 is 5.73 Å². The maximum Gasteiger partial charge on any atom is 0.164 e. The van der Waals surface area contributed by atoms with Gasteiger partial charge in [0.05, 0.1) is 0 Å². The van der Waals surface area contributed by atoms with Crippen LogP contribution >= 0.6 is 12.4 Å². The Bertz CT molecular complexity index is 83.0. The summed E-state index contributed by atoms with van der Waals surface area (Å²) in [6, 6.07) is 0. The molecule has 0 amide bonds. The molecule has 0 aliphatic heterocycles. The summed E-state index contributed by atoms with van der Waals surface area (Å²) in [4.78, 5) is 1.83. The molecule has 4 nitrogen and oxygen atoms in total. The normalized spacial score (nSPS) is 10.4. The molecule has 0 aromatic rings. The van der Waals surface area contributed by atoms with Crippen molar-refractivity contribution in [2.45, 2.75) is 12.7 Å². The van der Waals surface area contributed by atoms with Gasteiger partial charge in [-0.2, -0.15) is 0 Å². The predicted octanol–water partition coefficient (Wildman–Crippen LogP) is -1.00. The van der Waals surface area contributed by atoms with E-state index in [-0.39, 0.29) is 12.4 Å². The lowest BCUT2D eigenvalue weighted by Crippen LogP contribution is -2.30. The molecule has 70 valence electrons. The fourth-order valence-corrected chi connectivity index (χ4v) is 0.731. The second-order valence-corrected chi connectivity index (χ2v) is 2.39. The number of likely N-dealkylation sites (N-methyl/N-ethyl adjacent to an activating group) is 1. The standard InChI is InChI=1S/C6H16N2O2.ClH/c1-8(4-2-3-7)5-6(9)10;/h6,9-10H,2-5,7H2,1H3;1H. The van der Waals surface area contributed by atoms with Crippen LogP contribution in [0, 0.1) is 0 Å². The van der Waals surface area contributed by atoms with Crippen LogP contribution in [0.1, 0.15) is 6.42 Å². The van der Waals surface area contributed by atoms with Gasteiger partial charge in [-0.25, -0.2) is 0 Å². The Morgan fingerprint density at radius 1 is 1.45 bits per heavy atom. The summed E-state index contributed by atoms with van der Waals surface area (Å²) in [5.74, 6) is 0. The second-order valence-electron chi connectivity index (χ2n) is 2.39. The van der Waals surface area contributed by atoms with Crippen LogP contribution in [0.2, 0.25) is 0 Å². The van der Waals surface area contributed by atoms with Crippen molar-refractivity contribution in [2.75, 3.05) is 26.7 Å². The first kappa shape index (κ1) is 13.7. The van der Waals surface area contributed by atoms with Crippen LogP contribution in [-0.4, -0.2) is 48.1 Å². The van der Waals surface area contributed by atoms with Gasteiger partial charge in [0.2, 0.25) is 0 Å². The average Bonchev–Trinajstić information content (AvgIpc) is 1.82. The van der Waals surface area contributed by atoms with E-state index >= 15 is 0 Å². The molecule has 4 N–H and O–H groups in total. The summed E-state index contributed by atoms with van der Waals surface area (Å²) < 4.78 is 0. The summed E-state index contributed by atoms with van der Waals surface area (Å²) in [6.45, 7) is 1.75. The van der Waals surface area contributed by atoms with Crippen molar-refractivity contribution in [3.05, 3.63) is 0 Å². The molecular weight excluding hydrogens is 168 g/mol. The van der Waals surface area contributed by atoms with E-state index in [4.69, 9.17) is 15.9 Å². The Kier molecular flexibility index (Phi) is 10.2. The summed E-state index contributed by atoms with van der Waals surface area (Å²) in [7, 11) is 1.83. The topological polar surface area (TPSA) is 69.7 Å². The van der Waals surface area contributed by atoms with Crippen LogP contribution in [0.5, 0.6) is 0 Å². The van der Waals surface area contributed by atoms with E-state index in [0.29, 0.717) is 13.1 Å². The zero-order valence-corrected chi connectivity index (χ0v) is 7.55. The number of nitrogens with two attached hydrogens (primary N) is 1. The van der Waals surface area contributed by atoms with E-state index < -0.39 is 6.29 Å². The Labute approximate surface area is 73.4 Å². The zero-order chi connectivity index (χ0) is 7.98. The number of nitrogens with zero attached hydrogens (tertiary/aromatic N) is 1. The van der Waals surface area contributed by atoms with Gasteiger partial charge in [0.1, 0.15) is 0 Å². The number of aliphatic hydroxyl groups excluding tert-OH is 1. The molecule has 0 spiro atoms. The molecule has 0 aromatic carbocycles. The fraction of sp³-hybridized carbons (Fsp3) is 1.00. The van der Waals surface area contributed by atoms with E-state index in [2.05, 4.69) is 0 Å². The highest BCUT2D eigenvalue weighted by Gasteiger charge is 2.01. The number of hydrogen-bond acceptors (Lipinski definition) is 4. The van der Waals surface area contributed by atoms with Gasteiger partial charge in [-0.3, -0.25) is 0 Å². The molecule has 0 aromatic heterocycles. The van der Waals surface area contributed by atoms with Gasteiger partial charge in [-0.05, 0) is 26.6 Å². The van der Waals surface area contributed by atoms with Gasteiger partial charge in [-0.15, -0.1) is 12.4 Å². The predicted molar refractivity (Wildman–Crippen MR) is 46.6 cm³/mol. The summed E-state index contributed by atoms with van der Waals surface area (Å²) in [5, 5.41) is 17.0. The maximum atomic E-state index is 8.50. The van der Waals surface area contributed by atoms with Crippen LogP contribution in [-0.2, 0) is 0 Å². The molecule has 0 saturated heterocycles. The lowest BCUT2D eigenvalue weighted by atomic mass is 10.4. The third-order valence-electron chi connectivity index (χ3n) is 1.22.